The van der Waals surface area contributed by atoms with Crippen molar-refractivity contribution in [1.82, 2.24) is 10.5 Å². The van der Waals surface area contributed by atoms with Crippen molar-refractivity contribution in [2.45, 2.75) is 38.2 Å². The lowest BCUT2D eigenvalue weighted by molar-refractivity contribution is 0.0255. The fraction of sp³-hybridized carbons (Fsp3) is 0.286. The Morgan fingerprint density at radius 1 is 1.07 bits per heavy atom. The third kappa shape index (κ3) is 2.63. The van der Waals surface area contributed by atoms with Crippen LogP contribution in [0.3, 0.4) is 0 Å². The molecule has 0 unspecified atom stereocenters. The molecule has 3 aromatic rings. The van der Waals surface area contributed by atoms with E-state index in [4.69, 9.17) is 4.84 Å². The molecule has 0 radical (unpaired) electrons. The monoisotopic (exact) mass is 368 g/mol. The maximum Gasteiger partial charge on any atom is 0.275 e. The molecule has 0 atom stereocenters. The number of carbonyl (C=O) groups excluding carboxylic acids is 1. The third-order valence-electron chi connectivity index (χ3n) is 5.68. The standard InChI is InChI=1S/C21H18F2N2O2/c22-13-8-15-19-16(10-27-25-21(15)26)20(24-18(19)9-13)12-5-6-14(17(23)7-12)11-3-1-2-4-11/h5-9,11,24H,1-4,10H2,(H,25,26). The quantitative estimate of drug-likeness (QED) is 0.673. The molecule has 1 aliphatic heterocycles. The Morgan fingerprint density at radius 3 is 2.67 bits per heavy atom. The van der Waals surface area contributed by atoms with E-state index in [1.54, 1.807) is 0 Å². The summed E-state index contributed by atoms with van der Waals surface area (Å²) in [4.78, 5) is 20.5. The van der Waals surface area contributed by atoms with Crippen molar-refractivity contribution in [3.8, 4) is 11.3 Å². The first kappa shape index (κ1) is 16.4. The Kier molecular flexibility index (Phi) is 3.75. The van der Waals surface area contributed by atoms with Gasteiger partial charge in [-0.05, 0) is 42.5 Å². The molecule has 27 heavy (non-hydrogen) atoms. The highest BCUT2D eigenvalue weighted by Gasteiger charge is 2.25. The van der Waals surface area contributed by atoms with Crippen LogP contribution in [0, 0.1) is 11.6 Å². The van der Waals surface area contributed by atoms with Crippen LogP contribution < -0.4 is 5.48 Å². The Hall–Kier alpha value is -2.73. The normalized spacial score (nSPS) is 17.3. The molecule has 0 spiro atoms. The van der Waals surface area contributed by atoms with Crippen molar-refractivity contribution in [2.24, 2.45) is 0 Å². The molecule has 1 aromatic heterocycles. The summed E-state index contributed by atoms with van der Waals surface area (Å²) in [5.41, 5.74) is 5.79. The summed E-state index contributed by atoms with van der Waals surface area (Å²) in [5, 5.41) is 0.613. The average molecular weight is 368 g/mol. The van der Waals surface area contributed by atoms with E-state index in [-0.39, 0.29) is 23.9 Å². The molecule has 138 valence electrons. The number of hydrogen-bond donors (Lipinski definition) is 2. The van der Waals surface area contributed by atoms with Gasteiger partial charge in [-0.2, -0.15) is 0 Å². The van der Waals surface area contributed by atoms with Gasteiger partial charge in [0.05, 0.1) is 11.3 Å². The molecule has 1 saturated carbocycles. The summed E-state index contributed by atoms with van der Waals surface area (Å²) in [6, 6.07) is 7.78. The van der Waals surface area contributed by atoms with Crippen LogP contribution in [0.4, 0.5) is 8.78 Å². The largest absolute Gasteiger partial charge is 0.354 e. The first-order valence-corrected chi connectivity index (χ1v) is 9.18. The van der Waals surface area contributed by atoms with Crippen molar-refractivity contribution in [3.05, 3.63) is 58.7 Å². The maximum absolute atomic E-state index is 14.8. The van der Waals surface area contributed by atoms with E-state index in [1.807, 2.05) is 12.1 Å². The van der Waals surface area contributed by atoms with Gasteiger partial charge in [0.1, 0.15) is 18.2 Å². The molecule has 1 fully saturated rings. The average Bonchev–Trinajstić information content (AvgIpc) is 3.25. The van der Waals surface area contributed by atoms with Gasteiger partial charge in [-0.1, -0.05) is 25.0 Å². The summed E-state index contributed by atoms with van der Waals surface area (Å²) < 4.78 is 28.8. The minimum atomic E-state index is -0.517. The number of rotatable bonds is 2. The van der Waals surface area contributed by atoms with Crippen molar-refractivity contribution in [1.29, 1.82) is 0 Å². The van der Waals surface area contributed by atoms with Crippen LogP contribution in [0.15, 0.2) is 30.3 Å². The summed E-state index contributed by atoms with van der Waals surface area (Å²) in [7, 11) is 0. The van der Waals surface area contributed by atoms with Gasteiger partial charge in [0.2, 0.25) is 0 Å². The number of halogens is 2. The van der Waals surface area contributed by atoms with Gasteiger partial charge in [0.15, 0.2) is 0 Å². The lowest BCUT2D eigenvalue weighted by Gasteiger charge is -2.12. The van der Waals surface area contributed by atoms with E-state index in [1.165, 1.54) is 18.2 Å². The molecular formula is C21H18F2N2O2. The van der Waals surface area contributed by atoms with E-state index in [0.717, 1.165) is 31.2 Å². The zero-order valence-corrected chi connectivity index (χ0v) is 14.6. The molecule has 5 rings (SSSR count). The van der Waals surface area contributed by atoms with Crippen molar-refractivity contribution in [2.75, 3.05) is 0 Å². The van der Waals surface area contributed by atoms with Crippen LogP contribution in [0.25, 0.3) is 22.2 Å². The number of amides is 1. The van der Waals surface area contributed by atoms with Crippen LogP contribution in [-0.4, -0.2) is 10.9 Å². The minimum Gasteiger partial charge on any atom is -0.354 e. The highest BCUT2D eigenvalue weighted by molar-refractivity contribution is 6.09. The second-order valence-electron chi connectivity index (χ2n) is 7.29. The molecule has 6 heteroatoms. The molecule has 0 saturated heterocycles. The minimum absolute atomic E-state index is 0.117. The van der Waals surface area contributed by atoms with Crippen molar-refractivity contribution >= 4 is 16.8 Å². The van der Waals surface area contributed by atoms with Gasteiger partial charge in [0.25, 0.3) is 5.91 Å². The molecule has 2 heterocycles. The molecular weight excluding hydrogens is 350 g/mol. The summed E-state index contributed by atoms with van der Waals surface area (Å²) >= 11 is 0. The van der Waals surface area contributed by atoms with Crippen LogP contribution in [0.1, 0.15) is 53.1 Å². The van der Waals surface area contributed by atoms with Gasteiger partial charge in [-0.25, -0.2) is 14.3 Å². The smallest absolute Gasteiger partial charge is 0.275 e. The Labute approximate surface area is 154 Å². The van der Waals surface area contributed by atoms with Gasteiger partial charge in [-0.3, -0.25) is 9.63 Å². The molecule has 2 aromatic carbocycles. The second kappa shape index (κ2) is 6.16. The number of nitrogens with one attached hydrogen (secondary N) is 2. The fourth-order valence-electron chi connectivity index (χ4n) is 4.41. The highest BCUT2D eigenvalue weighted by atomic mass is 19.1. The summed E-state index contributed by atoms with van der Waals surface area (Å²) in [6.45, 7) is 0.117. The Balaban J connectivity index is 1.67. The van der Waals surface area contributed by atoms with E-state index >= 15 is 0 Å². The van der Waals surface area contributed by atoms with Crippen molar-refractivity contribution < 1.29 is 18.4 Å². The van der Waals surface area contributed by atoms with E-state index in [0.29, 0.717) is 27.7 Å². The van der Waals surface area contributed by atoms with Crippen LogP contribution in [-0.2, 0) is 11.4 Å². The van der Waals surface area contributed by atoms with Crippen LogP contribution in [0.2, 0.25) is 0 Å². The maximum atomic E-state index is 14.8. The summed E-state index contributed by atoms with van der Waals surface area (Å²) in [5.74, 6) is -0.946. The number of aromatic nitrogens is 1. The van der Waals surface area contributed by atoms with Crippen LogP contribution in [0.5, 0.6) is 0 Å². The molecule has 1 aliphatic carbocycles. The lowest BCUT2D eigenvalue weighted by Crippen LogP contribution is -2.21. The number of benzene rings is 2. The molecule has 1 amide bonds. The Morgan fingerprint density at radius 2 is 1.89 bits per heavy atom. The number of hydrogen-bond acceptors (Lipinski definition) is 2. The Bertz CT molecular complexity index is 1070. The van der Waals surface area contributed by atoms with Crippen molar-refractivity contribution in [3.63, 3.8) is 0 Å². The molecule has 0 bridgehead atoms. The lowest BCUT2D eigenvalue weighted by atomic mass is 9.94. The van der Waals surface area contributed by atoms with Gasteiger partial charge in [-0.15, -0.1) is 0 Å². The van der Waals surface area contributed by atoms with E-state index in [9.17, 15) is 13.6 Å². The van der Waals surface area contributed by atoms with Gasteiger partial charge < -0.3 is 4.98 Å². The number of H-pyrrole nitrogens is 1. The zero-order chi connectivity index (χ0) is 18.5. The molecule has 2 N–H and O–H groups in total. The van der Waals surface area contributed by atoms with Gasteiger partial charge in [0, 0.05) is 22.0 Å². The zero-order valence-electron chi connectivity index (χ0n) is 14.6. The number of aromatic amines is 1. The van der Waals surface area contributed by atoms with E-state index in [2.05, 4.69) is 10.5 Å². The van der Waals surface area contributed by atoms with E-state index < -0.39 is 11.7 Å². The van der Waals surface area contributed by atoms with Gasteiger partial charge >= 0.3 is 0 Å². The predicted octanol–water partition coefficient (Wildman–Crippen LogP) is 4.95. The topological polar surface area (TPSA) is 54.1 Å². The number of hydroxylamine groups is 1. The SMILES string of the molecule is O=C1NOCc2c(-c3ccc(C4CCCC4)c(F)c3)[nH]c3cc(F)cc1c23. The first-order valence-electron chi connectivity index (χ1n) is 9.18. The molecule has 4 nitrogen and oxygen atoms in total. The van der Waals surface area contributed by atoms with Crippen LogP contribution >= 0.6 is 0 Å². The highest BCUT2D eigenvalue weighted by Crippen LogP contribution is 2.39. The first-order chi connectivity index (χ1) is 13.1. The number of carbonyl (C=O) groups is 1. The third-order valence-corrected chi connectivity index (χ3v) is 5.68. The summed E-state index contributed by atoms with van der Waals surface area (Å²) in [6.07, 6.45) is 4.34. The second-order valence-corrected chi connectivity index (χ2v) is 7.29. The predicted molar refractivity (Wildman–Crippen MR) is 97.1 cm³/mol. The fourth-order valence-corrected chi connectivity index (χ4v) is 4.41. The molecule has 2 aliphatic rings.